The molecule has 0 saturated carbocycles. The maximum absolute atomic E-state index is 12.7. The van der Waals surface area contributed by atoms with Gasteiger partial charge in [-0.1, -0.05) is 38.1 Å². The highest BCUT2D eigenvalue weighted by Gasteiger charge is 2.30. The fraction of sp³-hybridized carbons (Fsp3) is 0.407. The van der Waals surface area contributed by atoms with Gasteiger partial charge in [-0.2, -0.15) is 10.2 Å². The zero-order chi connectivity index (χ0) is 24.7. The van der Waals surface area contributed by atoms with E-state index in [1.807, 2.05) is 41.5 Å². The number of likely N-dealkylation sites (N-methyl/N-ethyl adjacent to an activating group) is 1. The number of carbonyl (C=O) groups is 1. The Labute approximate surface area is 206 Å². The molecule has 1 aliphatic rings. The van der Waals surface area contributed by atoms with Gasteiger partial charge in [0.1, 0.15) is 6.33 Å². The second-order valence-electron chi connectivity index (χ2n) is 10.1. The number of aromatic nitrogens is 5. The van der Waals surface area contributed by atoms with Gasteiger partial charge in [-0.3, -0.25) is 9.89 Å². The molecule has 8 nitrogen and oxygen atoms in total. The van der Waals surface area contributed by atoms with Crippen LogP contribution in [0.5, 0.6) is 0 Å². The Hall–Kier alpha value is -3.52. The molecule has 182 valence electrons. The summed E-state index contributed by atoms with van der Waals surface area (Å²) in [6.07, 6.45) is 5.63. The quantitative estimate of drug-likeness (QED) is 0.449. The monoisotopic (exact) mass is 471 g/mol. The van der Waals surface area contributed by atoms with Gasteiger partial charge in [-0.05, 0) is 57.0 Å². The Morgan fingerprint density at radius 1 is 1.20 bits per heavy atom. The number of H-pyrrole nitrogens is 1. The van der Waals surface area contributed by atoms with Crippen LogP contribution < -0.4 is 0 Å². The van der Waals surface area contributed by atoms with Crippen molar-refractivity contribution in [1.29, 1.82) is 0 Å². The number of carbonyl (C=O) groups excluding carboxylic acids is 1. The van der Waals surface area contributed by atoms with Crippen molar-refractivity contribution < 1.29 is 4.79 Å². The lowest BCUT2D eigenvalue weighted by Crippen LogP contribution is -2.37. The third-order valence-electron chi connectivity index (χ3n) is 6.82. The number of pyridine rings is 1. The molecule has 8 heteroatoms. The highest BCUT2D eigenvalue weighted by molar-refractivity contribution is 5.79. The van der Waals surface area contributed by atoms with Crippen molar-refractivity contribution in [3.8, 4) is 22.5 Å². The number of benzene rings is 1. The highest BCUT2D eigenvalue weighted by atomic mass is 16.2. The van der Waals surface area contributed by atoms with Crippen LogP contribution in [0.15, 0.2) is 42.9 Å². The minimum Gasteiger partial charge on any atom is -0.335 e. The van der Waals surface area contributed by atoms with E-state index in [-0.39, 0.29) is 17.9 Å². The molecule has 1 saturated heterocycles. The first-order valence-corrected chi connectivity index (χ1v) is 12.3. The van der Waals surface area contributed by atoms with Gasteiger partial charge in [0.15, 0.2) is 5.65 Å². The number of amides is 1. The number of nitrogens with zero attached hydrogens (tertiary/aromatic N) is 6. The number of nitrogens with one attached hydrogen (secondary N) is 1. The maximum Gasteiger partial charge on any atom is 0.237 e. The second-order valence-corrected chi connectivity index (χ2v) is 10.1. The number of hydrogen-bond donors (Lipinski definition) is 1. The Morgan fingerprint density at radius 2 is 1.97 bits per heavy atom. The zero-order valence-electron chi connectivity index (χ0n) is 21.1. The lowest BCUT2D eigenvalue weighted by molar-refractivity contribution is -0.132. The second kappa shape index (κ2) is 9.26. The third kappa shape index (κ3) is 4.34. The molecule has 1 N–H and O–H groups in total. The van der Waals surface area contributed by atoms with E-state index in [2.05, 4.69) is 59.4 Å². The van der Waals surface area contributed by atoms with E-state index in [4.69, 9.17) is 5.10 Å². The first kappa shape index (κ1) is 23.2. The number of aromatic amines is 1. The van der Waals surface area contributed by atoms with Crippen LogP contribution in [0.25, 0.3) is 28.2 Å². The topological polar surface area (TPSA) is 82.4 Å². The number of aryl methyl sites for hydroxylation is 1. The number of likely N-dealkylation sites (tertiary alicyclic amines) is 1. The van der Waals surface area contributed by atoms with E-state index in [1.165, 1.54) is 11.1 Å². The lowest BCUT2D eigenvalue weighted by Gasteiger charge is -2.26. The predicted octanol–water partition coefficient (Wildman–Crippen LogP) is 4.44. The van der Waals surface area contributed by atoms with Crippen molar-refractivity contribution in [2.24, 2.45) is 0 Å². The Bertz CT molecular complexity index is 1350. The van der Waals surface area contributed by atoms with Crippen molar-refractivity contribution >= 4 is 11.6 Å². The van der Waals surface area contributed by atoms with Crippen molar-refractivity contribution in [3.63, 3.8) is 0 Å². The van der Waals surface area contributed by atoms with Crippen LogP contribution in [0.3, 0.4) is 0 Å². The van der Waals surface area contributed by atoms with Gasteiger partial charge in [0.25, 0.3) is 0 Å². The van der Waals surface area contributed by atoms with E-state index < -0.39 is 0 Å². The molecule has 1 atom stereocenters. The average molecular weight is 472 g/mol. The Balaban J connectivity index is 1.47. The molecule has 0 radical (unpaired) electrons. The fourth-order valence-electron chi connectivity index (χ4n) is 5.22. The minimum absolute atomic E-state index is 0.146. The average Bonchev–Trinajstić information content (AvgIpc) is 3.57. The lowest BCUT2D eigenvalue weighted by atomic mass is 9.93. The summed E-state index contributed by atoms with van der Waals surface area (Å²) in [6.45, 7) is 7.71. The van der Waals surface area contributed by atoms with E-state index in [0.29, 0.717) is 6.54 Å². The summed E-state index contributed by atoms with van der Waals surface area (Å²) in [5.74, 6) is 0.472. The first-order valence-electron chi connectivity index (χ1n) is 12.3. The fourth-order valence-corrected chi connectivity index (χ4v) is 5.22. The van der Waals surface area contributed by atoms with Crippen LogP contribution in [0.2, 0.25) is 0 Å². The van der Waals surface area contributed by atoms with Crippen LogP contribution in [-0.4, -0.2) is 67.7 Å². The molecule has 1 fully saturated rings. The van der Waals surface area contributed by atoms with Gasteiger partial charge in [-0.15, -0.1) is 0 Å². The molecule has 35 heavy (non-hydrogen) atoms. The zero-order valence-corrected chi connectivity index (χ0v) is 21.1. The smallest absolute Gasteiger partial charge is 0.237 e. The van der Waals surface area contributed by atoms with Gasteiger partial charge in [0.2, 0.25) is 5.91 Å². The molecular weight excluding hydrogens is 438 g/mol. The van der Waals surface area contributed by atoms with E-state index in [1.54, 1.807) is 6.33 Å². The SMILES string of the molecule is Cc1cc(-c2[nH]nc(-c3ccc(C4CCCN4C(=O)CN(C)C)cc3)c2C(C)C)cn2ncnc12. The number of rotatable bonds is 6. The van der Waals surface area contributed by atoms with Crippen LogP contribution in [0.4, 0.5) is 0 Å². The Kier molecular flexibility index (Phi) is 6.15. The molecule has 1 unspecified atom stereocenters. The largest absolute Gasteiger partial charge is 0.335 e. The summed E-state index contributed by atoms with van der Waals surface area (Å²) in [5.41, 5.74) is 8.39. The van der Waals surface area contributed by atoms with Crippen LogP contribution >= 0.6 is 0 Å². The summed E-state index contributed by atoms with van der Waals surface area (Å²) < 4.78 is 1.81. The van der Waals surface area contributed by atoms with Crippen molar-refractivity contribution in [2.45, 2.75) is 45.6 Å². The normalized spacial score (nSPS) is 16.2. The number of fused-ring (bicyclic) bond motifs is 1. The minimum atomic E-state index is 0.146. The Morgan fingerprint density at radius 3 is 2.69 bits per heavy atom. The van der Waals surface area contributed by atoms with Gasteiger partial charge >= 0.3 is 0 Å². The van der Waals surface area contributed by atoms with E-state index >= 15 is 0 Å². The highest BCUT2D eigenvalue weighted by Crippen LogP contribution is 2.37. The molecule has 4 heterocycles. The summed E-state index contributed by atoms with van der Waals surface area (Å²) in [5, 5.41) is 12.4. The van der Waals surface area contributed by atoms with E-state index in [0.717, 1.165) is 53.1 Å². The number of hydrogen-bond acceptors (Lipinski definition) is 5. The summed E-state index contributed by atoms with van der Waals surface area (Å²) in [6, 6.07) is 10.9. The first-order chi connectivity index (χ1) is 16.8. The summed E-state index contributed by atoms with van der Waals surface area (Å²) in [7, 11) is 3.88. The molecule has 0 aliphatic carbocycles. The molecule has 1 amide bonds. The molecule has 3 aromatic heterocycles. The van der Waals surface area contributed by atoms with E-state index in [9.17, 15) is 4.79 Å². The maximum atomic E-state index is 12.7. The predicted molar refractivity (Wildman–Crippen MR) is 137 cm³/mol. The molecule has 1 aromatic carbocycles. The van der Waals surface area contributed by atoms with Crippen LogP contribution in [0, 0.1) is 6.92 Å². The molecule has 4 aromatic rings. The van der Waals surface area contributed by atoms with Gasteiger partial charge < -0.3 is 9.80 Å². The summed E-state index contributed by atoms with van der Waals surface area (Å²) in [4.78, 5) is 21.0. The molecule has 5 rings (SSSR count). The van der Waals surface area contributed by atoms with Crippen molar-refractivity contribution in [1.82, 2.24) is 34.6 Å². The molecule has 1 aliphatic heterocycles. The summed E-state index contributed by atoms with van der Waals surface area (Å²) >= 11 is 0. The van der Waals surface area contributed by atoms with Gasteiger partial charge in [0.05, 0.1) is 24.0 Å². The van der Waals surface area contributed by atoms with Gasteiger partial charge in [-0.25, -0.2) is 9.50 Å². The van der Waals surface area contributed by atoms with Gasteiger partial charge in [0, 0.05) is 29.4 Å². The molecular formula is C27H33N7O. The molecule has 0 bridgehead atoms. The third-order valence-corrected chi connectivity index (χ3v) is 6.82. The van der Waals surface area contributed by atoms with Crippen LogP contribution in [-0.2, 0) is 4.79 Å². The van der Waals surface area contributed by atoms with Crippen molar-refractivity contribution in [2.75, 3.05) is 27.2 Å². The van der Waals surface area contributed by atoms with Crippen molar-refractivity contribution in [3.05, 3.63) is 59.5 Å². The standard InChI is InChI=1S/C27H33N7O/c1-17(2)24-25(30-31-26(24)21-13-18(3)27-28-16-29-34(27)14-21)20-10-8-19(9-11-20)22-7-6-12-33(22)23(35)15-32(4)5/h8-11,13-14,16-17,22H,6-7,12,15H2,1-5H3,(H,30,31). The van der Waals surface area contributed by atoms with Crippen LogP contribution in [0.1, 0.15) is 55.3 Å². The molecule has 0 spiro atoms.